The van der Waals surface area contributed by atoms with Crippen LogP contribution < -0.4 is 10.6 Å². The number of amides is 2. The van der Waals surface area contributed by atoms with Crippen molar-refractivity contribution in [2.45, 2.75) is 26.3 Å². The van der Waals surface area contributed by atoms with Crippen LogP contribution in [0.5, 0.6) is 0 Å². The fourth-order valence-electron chi connectivity index (χ4n) is 3.64. The first-order chi connectivity index (χ1) is 15.3. The third kappa shape index (κ3) is 4.74. The maximum atomic E-state index is 13.5. The highest BCUT2D eigenvalue weighted by Gasteiger charge is 2.30. The van der Waals surface area contributed by atoms with Crippen LogP contribution in [0.2, 0.25) is 0 Å². The normalized spacial score (nSPS) is 16.8. The summed E-state index contributed by atoms with van der Waals surface area (Å²) in [6.07, 6.45) is 2.30. The number of aromatic nitrogens is 4. The maximum absolute atomic E-state index is 13.5. The van der Waals surface area contributed by atoms with E-state index in [-0.39, 0.29) is 29.5 Å². The summed E-state index contributed by atoms with van der Waals surface area (Å²) < 4.78 is 14.1. The molecule has 32 heavy (non-hydrogen) atoms. The van der Waals surface area contributed by atoms with E-state index >= 15 is 0 Å². The van der Waals surface area contributed by atoms with Gasteiger partial charge in [0.25, 0.3) is 5.91 Å². The summed E-state index contributed by atoms with van der Waals surface area (Å²) in [6, 6.07) is 1.02. The zero-order chi connectivity index (χ0) is 22.8. The fraction of sp³-hybridized carbons (Fsp3) is 0.400. The molecule has 0 radical (unpaired) electrons. The number of carbonyl (C=O) groups excluding carboxylic acids is 1. The van der Waals surface area contributed by atoms with E-state index in [1.54, 1.807) is 11.1 Å². The highest BCUT2D eigenvalue weighted by Crippen LogP contribution is 2.28. The van der Waals surface area contributed by atoms with E-state index in [0.717, 1.165) is 11.2 Å². The number of rotatable bonds is 6. The smallest absolute Gasteiger partial charge is 0.404 e. The van der Waals surface area contributed by atoms with E-state index in [0.29, 0.717) is 42.0 Å². The van der Waals surface area contributed by atoms with Crippen molar-refractivity contribution in [1.29, 1.82) is 0 Å². The minimum absolute atomic E-state index is 0.0497. The van der Waals surface area contributed by atoms with Gasteiger partial charge in [0, 0.05) is 25.8 Å². The summed E-state index contributed by atoms with van der Waals surface area (Å²) in [5.41, 5.74) is 1.28. The lowest BCUT2D eigenvalue weighted by Crippen LogP contribution is -2.33. The predicted molar refractivity (Wildman–Crippen MR) is 116 cm³/mol. The first kappa shape index (κ1) is 21.8. The molecule has 3 aromatic heterocycles. The van der Waals surface area contributed by atoms with Gasteiger partial charge in [-0.25, -0.2) is 19.2 Å². The number of thiazole rings is 1. The minimum Gasteiger partial charge on any atom is -0.465 e. The van der Waals surface area contributed by atoms with Crippen LogP contribution in [0.25, 0.3) is 10.3 Å². The van der Waals surface area contributed by atoms with E-state index in [2.05, 4.69) is 30.6 Å². The average Bonchev–Trinajstić information content (AvgIpc) is 3.37. The van der Waals surface area contributed by atoms with Crippen molar-refractivity contribution in [2.24, 2.45) is 5.92 Å². The lowest BCUT2D eigenvalue weighted by molar-refractivity contribution is 0.0784. The molecular weight excluding hydrogens is 437 g/mol. The van der Waals surface area contributed by atoms with E-state index in [9.17, 15) is 14.0 Å². The predicted octanol–water partition coefficient (Wildman–Crippen LogP) is 2.83. The molecule has 1 aliphatic rings. The van der Waals surface area contributed by atoms with Crippen molar-refractivity contribution in [3.8, 4) is 0 Å². The molecule has 12 heteroatoms. The SMILES string of the molecule is Cc1nc2nc(N[C@@H](C)c3cncc(F)c3)nc(C(=O)N3CC[C@@H](CNC(=O)O)C3)c2s1. The van der Waals surface area contributed by atoms with Crippen LogP contribution in [0, 0.1) is 18.7 Å². The van der Waals surface area contributed by atoms with E-state index < -0.39 is 11.9 Å². The van der Waals surface area contributed by atoms with Gasteiger partial charge in [-0.2, -0.15) is 4.98 Å². The molecule has 3 aromatic rings. The Morgan fingerprint density at radius 2 is 2.16 bits per heavy atom. The van der Waals surface area contributed by atoms with Crippen molar-refractivity contribution in [1.82, 2.24) is 30.2 Å². The number of nitrogens with zero attached hydrogens (tertiary/aromatic N) is 5. The average molecular weight is 460 g/mol. The zero-order valence-corrected chi connectivity index (χ0v) is 18.3. The zero-order valence-electron chi connectivity index (χ0n) is 17.5. The van der Waals surface area contributed by atoms with Crippen LogP contribution >= 0.6 is 11.3 Å². The molecule has 0 spiro atoms. The Balaban J connectivity index is 1.58. The first-order valence-corrected chi connectivity index (χ1v) is 10.9. The van der Waals surface area contributed by atoms with Crippen molar-refractivity contribution in [3.63, 3.8) is 0 Å². The lowest BCUT2D eigenvalue weighted by atomic mass is 10.1. The van der Waals surface area contributed by atoms with Crippen molar-refractivity contribution in [3.05, 3.63) is 40.5 Å². The molecule has 2 amide bonds. The van der Waals surface area contributed by atoms with Crippen LogP contribution in [-0.4, -0.2) is 61.6 Å². The number of nitrogens with one attached hydrogen (secondary N) is 2. The Kier molecular flexibility index (Phi) is 6.12. The first-order valence-electron chi connectivity index (χ1n) is 10.1. The molecule has 4 heterocycles. The molecule has 168 valence electrons. The summed E-state index contributed by atoms with van der Waals surface area (Å²) in [5, 5.41) is 15.0. The van der Waals surface area contributed by atoms with Gasteiger partial charge in [0.05, 0.1) is 17.2 Å². The quantitative estimate of drug-likeness (QED) is 0.512. The van der Waals surface area contributed by atoms with E-state index in [4.69, 9.17) is 5.11 Å². The number of hydrogen-bond acceptors (Lipinski definition) is 8. The number of carbonyl (C=O) groups is 2. The summed E-state index contributed by atoms with van der Waals surface area (Å²) in [4.78, 5) is 42.9. The van der Waals surface area contributed by atoms with Gasteiger partial charge in [-0.1, -0.05) is 0 Å². The van der Waals surface area contributed by atoms with Crippen LogP contribution in [0.3, 0.4) is 0 Å². The Morgan fingerprint density at radius 1 is 1.34 bits per heavy atom. The molecular formula is C20H22FN7O3S. The number of carboxylic acid groups (broad SMARTS) is 1. The van der Waals surface area contributed by atoms with Gasteiger partial charge in [-0.15, -0.1) is 11.3 Å². The van der Waals surface area contributed by atoms with Crippen molar-refractivity contribution >= 4 is 39.6 Å². The van der Waals surface area contributed by atoms with Gasteiger partial charge in [0.15, 0.2) is 11.3 Å². The Hall–Kier alpha value is -3.41. The highest BCUT2D eigenvalue weighted by atomic mass is 32.1. The number of fused-ring (bicyclic) bond motifs is 1. The molecule has 1 fully saturated rings. The largest absolute Gasteiger partial charge is 0.465 e. The van der Waals surface area contributed by atoms with Gasteiger partial charge in [0.1, 0.15) is 10.5 Å². The molecule has 0 saturated carbocycles. The molecule has 0 aliphatic carbocycles. The van der Waals surface area contributed by atoms with Crippen LogP contribution in [-0.2, 0) is 0 Å². The topological polar surface area (TPSA) is 133 Å². The number of halogens is 1. The van der Waals surface area contributed by atoms with Crippen LogP contribution in [0.15, 0.2) is 18.5 Å². The third-order valence-electron chi connectivity index (χ3n) is 5.25. The van der Waals surface area contributed by atoms with Crippen LogP contribution in [0.1, 0.15) is 40.4 Å². The Morgan fingerprint density at radius 3 is 2.91 bits per heavy atom. The number of anilines is 1. The number of pyridine rings is 1. The molecule has 1 saturated heterocycles. The molecule has 2 atom stereocenters. The third-order valence-corrected chi connectivity index (χ3v) is 6.22. The maximum Gasteiger partial charge on any atom is 0.404 e. The minimum atomic E-state index is -1.08. The molecule has 0 unspecified atom stereocenters. The van der Waals surface area contributed by atoms with Gasteiger partial charge in [0.2, 0.25) is 5.95 Å². The monoisotopic (exact) mass is 459 g/mol. The molecule has 3 N–H and O–H groups in total. The molecule has 0 aromatic carbocycles. The van der Waals surface area contributed by atoms with Crippen molar-refractivity contribution in [2.75, 3.05) is 25.0 Å². The number of aryl methyl sites for hydroxylation is 1. The number of hydrogen-bond donors (Lipinski definition) is 3. The summed E-state index contributed by atoms with van der Waals surface area (Å²) in [5.74, 6) is -0.429. The second-order valence-corrected chi connectivity index (χ2v) is 8.88. The van der Waals surface area contributed by atoms with E-state index in [1.165, 1.54) is 17.4 Å². The summed E-state index contributed by atoms with van der Waals surface area (Å²) >= 11 is 1.35. The summed E-state index contributed by atoms with van der Waals surface area (Å²) in [6.45, 7) is 4.90. The van der Waals surface area contributed by atoms with Gasteiger partial charge < -0.3 is 20.6 Å². The highest BCUT2D eigenvalue weighted by molar-refractivity contribution is 7.18. The fourth-order valence-corrected chi connectivity index (χ4v) is 4.48. The second kappa shape index (κ2) is 8.99. The van der Waals surface area contributed by atoms with Gasteiger partial charge in [-0.3, -0.25) is 9.78 Å². The van der Waals surface area contributed by atoms with Crippen molar-refractivity contribution < 1.29 is 19.1 Å². The van der Waals surface area contributed by atoms with Crippen LogP contribution in [0.4, 0.5) is 15.1 Å². The van der Waals surface area contributed by atoms with E-state index in [1.807, 2.05) is 13.8 Å². The molecule has 0 bridgehead atoms. The lowest BCUT2D eigenvalue weighted by Gasteiger charge is -2.18. The second-order valence-electron chi connectivity index (χ2n) is 7.68. The molecule has 4 rings (SSSR count). The Bertz CT molecular complexity index is 1170. The summed E-state index contributed by atoms with van der Waals surface area (Å²) in [7, 11) is 0. The molecule has 10 nitrogen and oxygen atoms in total. The van der Waals surface area contributed by atoms with Gasteiger partial charge >= 0.3 is 6.09 Å². The Labute approximate surface area is 186 Å². The molecule has 1 aliphatic heterocycles. The van der Waals surface area contributed by atoms with Gasteiger partial charge in [-0.05, 0) is 37.8 Å². The standard InChI is InChI=1S/C20H22FN7O3S/c1-10(13-5-14(21)8-22-7-13)24-19-26-15(16-17(27-19)25-11(2)32-16)18(29)28-4-3-12(9-28)6-23-20(30)31/h5,7-8,10,12,23H,3-4,6,9H2,1-2H3,(H,30,31)(H,24,26,27)/t10-,12-/m0/s1. The number of likely N-dealkylation sites (tertiary alicyclic amines) is 1.